The van der Waals surface area contributed by atoms with Crippen LogP contribution in [-0.2, 0) is 11.3 Å². The lowest BCUT2D eigenvalue weighted by Gasteiger charge is -2.15. The molecule has 0 aliphatic carbocycles. The van der Waals surface area contributed by atoms with Gasteiger partial charge >= 0.3 is 0 Å². The number of benzene rings is 2. The van der Waals surface area contributed by atoms with Crippen LogP contribution in [-0.4, -0.2) is 40.4 Å². The third-order valence-corrected chi connectivity index (χ3v) is 4.04. The van der Waals surface area contributed by atoms with E-state index in [1.54, 1.807) is 13.1 Å². The molecule has 1 aromatic heterocycles. The highest BCUT2D eigenvalue weighted by atomic mass is 19.1. The van der Waals surface area contributed by atoms with E-state index in [1.807, 2.05) is 30.3 Å². The minimum atomic E-state index is -0.602. The first-order chi connectivity index (χ1) is 13.5. The van der Waals surface area contributed by atoms with Gasteiger partial charge in [-0.25, -0.2) is 4.39 Å². The van der Waals surface area contributed by atoms with E-state index in [2.05, 4.69) is 15.5 Å². The van der Waals surface area contributed by atoms with E-state index in [0.29, 0.717) is 11.7 Å². The van der Waals surface area contributed by atoms with Gasteiger partial charge in [-0.05, 0) is 24.3 Å². The van der Waals surface area contributed by atoms with Crippen molar-refractivity contribution in [3.05, 3.63) is 71.8 Å². The molecule has 2 amide bonds. The van der Waals surface area contributed by atoms with Crippen LogP contribution in [0.25, 0.3) is 11.5 Å². The van der Waals surface area contributed by atoms with Gasteiger partial charge in [0.1, 0.15) is 5.82 Å². The van der Waals surface area contributed by atoms with E-state index in [4.69, 9.17) is 4.52 Å². The molecule has 1 N–H and O–H groups in total. The predicted octanol–water partition coefficient (Wildman–Crippen LogP) is 2.65. The Kier molecular flexibility index (Phi) is 6.11. The first-order valence-corrected chi connectivity index (χ1v) is 8.69. The fourth-order valence-electron chi connectivity index (χ4n) is 2.53. The van der Waals surface area contributed by atoms with Crippen LogP contribution < -0.4 is 5.32 Å². The van der Waals surface area contributed by atoms with Gasteiger partial charge in [-0.2, -0.15) is 4.98 Å². The molecule has 1 heterocycles. The van der Waals surface area contributed by atoms with Gasteiger partial charge in [-0.3, -0.25) is 9.59 Å². The van der Waals surface area contributed by atoms with Crippen molar-refractivity contribution in [1.29, 1.82) is 0 Å². The van der Waals surface area contributed by atoms with Crippen molar-refractivity contribution in [3.8, 4) is 11.5 Å². The number of hydrogen-bond acceptors (Lipinski definition) is 5. The monoisotopic (exact) mass is 382 g/mol. The summed E-state index contributed by atoms with van der Waals surface area (Å²) in [6.45, 7) is 0.272. The second-order valence-corrected chi connectivity index (χ2v) is 6.12. The molecule has 2 aromatic carbocycles. The van der Waals surface area contributed by atoms with Crippen LogP contribution in [0.2, 0.25) is 0 Å². The summed E-state index contributed by atoms with van der Waals surface area (Å²) >= 11 is 0. The van der Waals surface area contributed by atoms with Gasteiger partial charge in [0.05, 0.1) is 12.1 Å². The maximum Gasteiger partial charge on any atom is 0.257 e. The van der Waals surface area contributed by atoms with E-state index < -0.39 is 11.7 Å². The Morgan fingerprint density at radius 1 is 1.11 bits per heavy atom. The highest BCUT2D eigenvalue weighted by Crippen LogP contribution is 2.16. The standard InChI is InChI=1S/C20H19FN4O3/c1-25(13-17-23-20(28-24-17)14-7-3-2-4-8-14)18(26)11-12-22-19(27)15-9-5-6-10-16(15)21/h2-10H,11-13H2,1H3,(H,22,27). The van der Waals surface area contributed by atoms with Gasteiger partial charge in [0.25, 0.3) is 11.8 Å². The zero-order chi connectivity index (χ0) is 19.9. The topological polar surface area (TPSA) is 88.3 Å². The Labute approximate surface area is 161 Å². The quantitative estimate of drug-likeness (QED) is 0.679. The zero-order valence-corrected chi connectivity index (χ0v) is 15.3. The van der Waals surface area contributed by atoms with Crippen molar-refractivity contribution in [2.75, 3.05) is 13.6 Å². The molecule has 3 rings (SSSR count). The number of nitrogens with zero attached hydrogens (tertiary/aromatic N) is 3. The molecule has 3 aromatic rings. The number of carbonyl (C=O) groups excluding carboxylic acids is 2. The maximum atomic E-state index is 13.6. The van der Waals surface area contributed by atoms with Crippen molar-refractivity contribution >= 4 is 11.8 Å². The maximum absolute atomic E-state index is 13.6. The second-order valence-electron chi connectivity index (χ2n) is 6.12. The molecule has 8 heteroatoms. The third-order valence-electron chi connectivity index (χ3n) is 4.04. The fourth-order valence-corrected chi connectivity index (χ4v) is 2.53. The Balaban J connectivity index is 1.48. The molecule has 0 radical (unpaired) electrons. The lowest BCUT2D eigenvalue weighted by atomic mass is 10.2. The summed E-state index contributed by atoms with van der Waals surface area (Å²) < 4.78 is 18.8. The van der Waals surface area contributed by atoms with Crippen LogP contribution >= 0.6 is 0 Å². The number of hydrogen-bond donors (Lipinski definition) is 1. The first-order valence-electron chi connectivity index (χ1n) is 8.69. The highest BCUT2D eigenvalue weighted by molar-refractivity contribution is 5.94. The van der Waals surface area contributed by atoms with Crippen LogP contribution in [0.3, 0.4) is 0 Å². The number of carbonyl (C=O) groups is 2. The van der Waals surface area contributed by atoms with Gasteiger partial charge < -0.3 is 14.7 Å². The van der Waals surface area contributed by atoms with Crippen LogP contribution in [0.15, 0.2) is 59.1 Å². The average molecular weight is 382 g/mol. The van der Waals surface area contributed by atoms with E-state index in [-0.39, 0.29) is 31.0 Å². The second kappa shape index (κ2) is 8.90. The summed E-state index contributed by atoms with van der Waals surface area (Å²) in [6.07, 6.45) is 0.0695. The molecule has 144 valence electrons. The van der Waals surface area contributed by atoms with Crippen LogP contribution in [0.4, 0.5) is 4.39 Å². The minimum Gasteiger partial charge on any atom is -0.351 e. The fraction of sp³-hybridized carbons (Fsp3) is 0.200. The SMILES string of the molecule is CN(Cc1noc(-c2ccccc2)n1)C(=O)CCNC(=O)c1ccccc1F. The van der Waals surface area contributed by atoms with E-state index in [0.717, 1.165) is 5.56 Å². The normalized spacial score (nSPS) is 10.5. The summed E-state index contributed by atoms with van der Waals surface area (Å²) in [7, 11) is 1.61. The molecule has 28 heavy (non-hydrogen) atoms. The lowest BCUT2D eigenvalue weighted by Crippen LogP contribution is -2.32. The van der Waals surface area contributed by atoms with E-state index in [1.165, 1.54) is 23.1 Å². The molecule has 0 bridgehead atoms. The van der Waals surface area contributed by atoms with Crippen molar-refractivity contribution in [3.63, 3.8) is 0 Å². The zero-order valence-electron chi connectivity index (χ0n) is 15.3. The summed E-state index contributed by atoms with van der Waals surface area (Å²) in [5.74, 6) is -0.604. The molecular formula is C20H19FN4O3. The van der Waals surface area contributed by atoms with Crippen molar-refractivity contribution in [1.82, 2.24) is 20.4 Å². The van der Waals surface area contributed by atoms with Crippen molar-refractivity contribution in [2.45, 2.75) is 13.0 Å². The summed E-state index contributed by atoms with van der Waals surface area (Å²) in [5, 5.41) is 6.42. The van der Waals surface area contributed by atoms with Gasteiger partial charge in [0.15, 0.2) is 5.82 Å². The van der Waals surface area contributed by atoms with Gasteiger partial charge in [0.2, 0.25) is 5.91 Å². The number of aromatic nitrogens is 2. The van der Waals surface area contributed by atoms with E-state index in [9.17, 15) is 14.0 Å². The van der Waals surface area contributed by atoms with E-state index >= 15 is 0 Å². The molecular weight excluding hydrogens is 363 g/mol. The summed E-state index contributed by atoms with van der Waals surface area (Å²) in [6, 6.07) is 15.0. The average Bonchev–Trinajstić information content (AvgIpc) is 3.17. The predicted molar refractivity (Wildman–Crippen MR) is 99.6 cm³/mol. The number of amides is 2. The van der Waals surface area contributed by atoms with Crippen LogP contribution in [0, 0.1) is 5.82 Å². The Morgan fingerprint density at radius 2 is 1.82 bits per heavy atom. The molecule has 0 aliphatic heterocycles. The molecule has 0 unspecified atom stereocenters. The highest BCUT2D eigenvalue weighted by Gasteiger charge is 2.15. The Bertz CT molecular complexity index is 959. The lowest BCUT2D eigenvalue weighted by molar-refractivity contribution is -0.130. The molecule has 0 fully saturated rings. The first kappa shape index (κ1) is 19.2. The van der Waals surface area contributed by atoms with Crippen molar-refractivity contribution in [2.24, 2.45) is 0 Å². The summed E-state index contributed by atoms with van der Waals surface area (Å²) in [4.78, 5) is 29.9. The molecule has 0 saturated heterocycles. The molecule has 7 nitrogen and oxygen atoms in total. The minimum absolute atomic E-state index is 0.0523. The van der Waals surface area contributed by atoms with Crippen molar-refractivity contribution < 1.29 is 18.5 Å². The summed E-state index contributed by atoms with van der Waals surface area (Å²) in [5.41, 5.74) is 0.745. The van der Waals surface area contributed by atoms with Gasteiger partial charge in [-0.1, -0.05) is 35.5 Å². The number of rotatable bonds is 7. The number of halogens is 1. The Hall–Kier alpha value is -3.55. The van der Waals surface area contributed by atoms with Crippen LogP contribution in [0.1, 0.15) is 22.6 Å². The molecule has 0 atom stereocenters. The molecule has 0 saturated carbocycles. The Morgan fingerprint density at radius 3 is 2.57 bits per heavy atom. The number of nitrogens with one attached hydrogen (secondary N) is 1. The smallest absolute Gasteiger partial charge is 0.257 e. The van der Waals surface area contributed by atoms with Gasteiger partial charge in [-0.15, -0.1) is 0 Å². The largest absolute Gasteiger partial charge is 0.351 e. The van der Waals surface area contributed by atoms with Gasteiger partial charge in [0, 0.05) is 25.6 Å². The van der Waals surface area contributed by atoms with Crippen LogP contribution in [0.5, 0.6) is 0 Å². The molecule has 0 spiro atoms. The molecule has 0 aliphatic rings. The third kappa shape index (κ3) is 4.79.